The Labute approximate surface area is 192 Å². The summed E-state index contributed by atoms with van der Waals surface area (Å²) in [6.45, 7) is 7.30. The second-order valence-electron chi connectivity index (χ2n) is 8.82. The molecule has 2 aliphatic heterocycles. The van der Waals surface area contributed by atoms with Crippen LogP contribution in [0.15, 0.2) is 36.4 Å². The van der Waals surface area contributed by atoms with Crippen molar-refractivity contribution in [3.8, 4) is 0 Å². The lowest BCUT2D eigenvalue weighted by atomic mass is 10.0. The molecule has 0 bridgehead atoms. The summed E-state index contributed by atoms with van der Waals surface area (Å²) in [7, 11) is 0. The maximum atomic E-state index is 13.7. The second kappa shape index (κ2) is 9.16. The summed E-state index contributed by atoms with van der Waals surface area (Å²) in [6, 6.07) is 11.6. The average molecular weight is 453 g/mol. The van der Waals surface area contributed by atoms with E-state index in [-0.39, 0.29) is 11.7 Å². The maximum Gasteiger partial charge on any atom is 0.223 e. The molecule has 0 spiro atoms. The molecule has 3 heterocycles. The summed E-state index contributed by atoms with van der Waals surface area (Å²) < 4.78 is 19.3. The minimum Gasteiger partial charge on any atom is -0.353 e. The molecule has 5 rings (SSSR count). The third-order valence-corrected chi connectivity index (χ3v) is 7.51. The van der Waals surface area contributed by atoms with Crippen molar-refractivity contribution in [1.82, 2.24) is 9.27 Å². The fourth-order valence-electron chi connectivity index (χ4n) is 4.89. The number of carbonyl (C=O) groups is 1. The minimum absolute atomic E-state index is 0.134. The number of halogens is 1. The number of aromatic nitrogens is 1. The molecule has 3 aromatic rings. The molecule has 7 heteroatoms. The molecule has 1 aromatic heterocycles. The maximum absolute atomic E-state index is 13.7. The highest BCUT2D eigenvalue weighted by atomic mass is 32.1. The molecular formula is C25H29FN4OS. The molecule has 2 aliphatic rings. The molecule has 0 N–H and O–H groups in total. The van der Waals surface area contributed by atoms with Crippen molar-refractivity contribution < 1.29 is 9.18 Å². The highest BCUT2D eigenvalue weighted by molar-refractivity contribution is 7.13. The Kier molecular flexibility index (Phi) is 6.11. The van der Waals surface area contributed by atoms with Gasteiger partial charge >= 0.3 is 0 Å². The lowest BCUT2D eigenvalue weighted by molar-refractivity contribution is -0.116. The number of benzene rings is 2. The van der Waals surface area contributed by atoms with Gasteiger partial charge in [0.25, 0.3) is 0 Å². The van der Waals surface area contributed by atoms with Gasteiger partial charge in [-0.05, 0) is 72.6 Å². The number of carbonyl (C=O) groups excluding carboxylic acids is 1. The molecule has 0 unspecified atom stereocenters. The zero-order valence-corrected chi connectivity index (χ0v) is 19.3. The van der Waals surface area contributed by atoms with Gasteiger partial charge in [0.05, 0.1) is 4.70 Å². The molecule has 0 aliphatic carbocycles. The fourth-order valence-corrected chi connectivity index (χ4v) is 5.66. The normalized spacial score (nSPS) is 17.4. The SMILES string of the molecule is CC(=O)N1CCCCc2cc(CCN3CCN(c4nsc5ccc(F)cc45)CC3)ccc21. The summed E-state index contributed by atoms with van der Waals surface area (Å²) in [5, 5.41) is 0.924. The highest BCUT2D eigenvalue weighted by Crippen LogP contribution is 2.31. The molecule has 32 heavy (non-hydrogen) atoms. The van der Waals surface area contributed by atoms with E-state index in [9.17, 15) is 9.18 Å². The van der Waals surface area contributed by atoms with E-state index in [1.807, 2.05) is 11.0 Å². The van der Waals surface area contributed by atoms with Crippen LogP contribution in [0.25, 0.3) is 10.1 Å². The first-order chi connectivity index (χ1) is 15.6. The molecule has 2 aromatic carbocycles. The average Bonchev–Trinajstić information content (AvgIpc) is 3.08. The number of hydrogen-bond acceptors (Lipinski definition) is 5. The Morgan fingerprint density at radius 1 is 1.06 bits per heavy atom. The van der Waals surface area contributed by atoms with Crippen molar-refractivity contribution in [2.75, 3.05) is 49.1 Å². The van der Waals surface area contributed by atoms with Crippen molar-refractivity contribution in [2.24, 2.45) is 0 Å². The van der Waals surface area contributed by atoms with Crippen LogP contribution < -0.4 is 9.80 Å². The summed E-state index contributed by atoms with van der Waals surface area (Å²) in [4.78, 5) is 18.7. The number of hydrogen-bond donors (Lipinski definition) is 0. The first-order valence-electron chi connectivity index (χ1n) is 11.5. The monoisotopic (exact) mass is 452 g/mol. The predicted octanol–water partition coefficient (Wildman–Crippen LogP) is 4.49. The van der Waals surface area contributed by atoms with Crippen molar-refractivity contribution in [3.63, 3.8) is 0 Å². The van der Waals surface area contributed by atoms with Gasteiger partial charge in [-0.2, -0.15) is 4.37 Å². The fraction of sp³-hybridized carbons (Fsp3) is 0.440. The van der Waals surface area contributed by atoms with E-state index in [2.05, 4.69) is 32.4 Å². The topological polar surface area (TPSA) is 39.7 Å². The second-order valence-corrected chi connectivity index (χ2v) is 9.62. The van der Waals surface area contributed by atoms with Crippen LogP contribution in [0, 0.1) is 5.82 Å². The van der Waals surface area contributed by atoms with Gasteiger partial charge in [0.15, 0.2) is 0 Å². The molecular weight excluding hydrogens is 423 g/mol. The first kappa shape index (κ1) is 21.3. The van der Waals surface area contributed by atoms with Crippen LogP contribution in [0.2, 0.25) is 0 Å². The van der Waals surface area contributed by atoms with Gasteiger partial charge in [-0.25, -0.2) is 4.39 Å². The highest BCUT2D eigenvalue weighted by Gasteiger charge is 2.22. The number of aryl methyl sites for hydroxylation is 1. The van der Waals surface area contributed by atoms with Gasteiger partial charge in [-0.1, -0.05) is 12.1 Å². The van der Waals surface area contributed by atoms with Crippen LogP contribution in [0.5, 0.6) is 0 Å². The van der Waals surface area contributed by atoms with E-state index in [1.54, 1.807) is 13.0 Å². The zero-order valence-electron chi connectivity index (χ0n) is 18.5. The summed E-state index contributed by atoms with van der Waals surface area (Å²) >= 11 is 1.44. The number of anilines is 2. The molecule has 1 saturated heterocycles. The smallest absolute Gasteiger partial charge is 0.223 e. The molecule has 1 amide bonds. The zero-order chi connectivity index (χ0) is 22.1. The van der Waals surface area contributed by atoms with Gasteiger partial charge in [0.2, 0.25) is 5.91 Å². The summed E-state index contributed by atoms with van der Waals surface area (Å²) in [6.07, 6.45) is 4.26. The lowest BCUT2D eigenvalue weighted by Gasteiger charge is -2.35. The number of piperazine rings is 1. The summed E-state index contributed by atoms with van der Waals surface area (Å²) in [5.41, 5.74) is 3.75. The van der Waals surface area contributed by atoms with Crippen LogP contribution in [0.4, 0.5) is 15.9 Å². The van der Waals surface area contributed by atoms with Crippen LogP contribution in [0.3, 0.4) is 0 Å². The van der Waals surface area contributed by atoms with E-state index >= 15 is 0 Å². The molecule has 0 radical (unpaired) electrons. The van der Waals surface area contributed by atoms with E-state index in [0.717, 1.165) is 86.5 Å². The Morgan fingerprint density at radius 2 is 1.91 bits per heavy atom. The molecule has 1 fully saturated rings. The standard InChI is InChI=1S/C25H29FN4OS/c1-18(31)30-10-3-2-4-20-16-19(5-7-23(20)30)9-11-28-12-14-29(15-13-28)25-22-17-21(26)6-8-24(22)32-27-25/h5-8,16-17H,2-4,9-15H2,1H3. The van der Waals surface area contributed by atoms with Gasteiger partial charge in [-0.15, -0.1) is 0 Å². The van der Waals surface area contributed by atoms with E-state index in [0.29, 0.717) is 0 Å². The van der Waals surface area contributed by atoms with Gasteiger partial charge in [-0.3, -0.25) is 9.69 Å². The Morgan fingerprint density at radius 3 is 2.72 bits per heavy atom. The number of rotatable bonds is 4. The van der Waals surface area contributed by atoms with Gasteiger partial charge in [0, 0.05) is 57.3 Å². The van der Waals surface area contributed by atoms with Crippen LogP contribution in [0.1, 0.15) is 30.9 Å². The van der Waals surface area contributed by atoms with Crippen molar-refractivity contribution >= 4 is 39.0 Å². The number of nitrogens with zero attached hydrogens (tertiary/aromatic N) is 4. The molecule has 5 nitrogen and oxygen atoms in total. The van der Waals surface area contributed by atoms with Crippen LogP contribution in [-0.4, -0.2) is 54.4 Å². The van der Waals surface area contributed by atoms with Crippen LogP contribution in [-0.2, 0) is 17.6 Å². The Balaban J connectivity index is 1.19. The van der Waals surface area contributed by atoms with Crippen molar-refractivity contribution in [2.45, 2.75) is 32.6 Å². The lowest BCUT2D eigenvalue weighted by Crippen LogP contribution is -2.47. The van der Waals surface area contributed by atoms with Gasteiger partial charge in [0.1, 0.15) is 11.6 Å². The quantitative estimate of drug-likeness (QED) is 0.585. The minimum atomic E-state index is -0.204. The predicted molar refractivity (Wildman–Crippen MR) is 129 cm³/mol. The number of amides is 1. The first-order valence-corrected chi connectivity index (χ1v) is 12.3. The molecule has 168 valence electrons. The Hall–Kier alpha value is -2.51. The van der Waals surface area contributed by atoms with E-state index in [1.165, 1.54) is 28.7 Å². The number of fused-ring (bicyclic) bond motifs is 2. The third-order valence-electron chi connectivity index (χ3n) is 6.69. The van der Waals surface area contributed by atoms with Gasteiger partial charge < -0.3 is 9.80 Å². The Bertz CT molecular complexity index is 1120. The van der Waals surface area contributed by atoms with E-state index in [4.69, 9.17) is 0 Å². The third kappa shape index (κ3) is 4.36. The van der Waals surface area contributed by atoms with Crippen molar-refractivity contribution in [1.29, 1.82) is 0 Å². The molecule has 0 atom stereocenters. The van der Waals surface area contributed by atoms with Crippen molar-refractivity contribution in [3.05, 3.63) is 53.3 Å². The largest absolute Gasteiger partial charge is 0.353 e. The van der Waals surface area contributed by atoms with E-state index < -0.39 is 0 Å². The summed E-state index contributed by atoms with van der Waals surface area (Å²) in [5.74, 6) is 0.851. The van der Waals surface area contributed by atoms with Crippen LogP contribution >= 0.6 is 11.5 Å². The molecule has 0 saturated carbocycles.